The number of fused-ring (bicyclic) bond motifs is 1. The van der Waals surface area contributed by atoms with Gasteiger partial charge in [-0.25, -0.2) is 8.78 Å². The zero-order chi connectivity index (χ0) is 17.1. The Kier molecular flexibility index (Phi) is 4.20. The van der Waals surface area contributed by atoms with Crippen molar-refractivity contribution in [1.29, 1.82) is 0 Å². The van der Waals surface area contributed by atoms with Gasteiger partial charge in [-0.1, -0.05) is 36.4 Å². The van der Waals surface area contributed by atoms with Crippen LogP contribution in [0.4, 0.5) is 20.2 Å². The van der Waals surface area contributed by atoms with Crippen molar-refractivity contribution in [3.63, 3.8) is 0 Å². The number of nitrogens with one attached hydrogen (secondary N) is 2. The summed E-state index contributed by atoms with van der Waals surface area (Å²) in [5, 5.41) is 6.18. The number of halogens is 2. The van der Waals surface area contributed by atoms with Crippen LogP contribution in [-0.2, 0) is 9.59 Å². The minimum Gasteiger partial charge on any atom is -0.317 e. The predicted octanol–water partition coefficient (Wildman–Crippen LogP) is 3.70. The van der Waals surface area contributed by atoms with Crippen LogP contribution < -0.4 is 10.6 Å². The molecule has 0 aromatic heterocycles. The minimum atomic E-state index is -1.09. The lowest BCUT2D eigenvalue weighted by atomic mass is 10.1. The monoisotopic (exact) mass is 326 g/mol. The molecule has 0 aliphatic rings. The molecule has 0 bridgehead atoms. The highest BCUT2D eigenvalue weighted by atomic mass is 19.1. The predicted molar refractivity (Wildman–Crippen MR) is 87.6 cm³/mol. The maximum absolute atomic E-state index is 13.5. The van der Waals surface area contributed by atoms with Crippen LogP contribution in [0.5, 0.6) is 0 Å². The van der Waals surface area contributed by atoms with E-state index < -0.39 is 29.1 Å². The molecule has 4 nitrogen and oxygen atoms in total. The normalized spacial score (nSPS) is 10.4. The lowest BCUT2D eigenvalue weighted by Gasteiger charge is -2.09. The molecule has 0 radical (unpaired) electrons. The number of anilines is 2. The topological polar surface area (TPSA) is 58.2 Å². The van der Waals surface area contributed by atoms with Gasteiger partial charge in [0.2, 0.25) is 0 Å². The zero-order valence-corrected chi connectivity index (χ0v) is 12.3. The van der Waals surface area contributed by atoms with E-state index in [0.29, 0.717) is 5.69 Å². The maximum atomic E-state index is 13.5. The van der Waals surface area contributed by atoms with Gasteiger partial charge >= 0.3 is 11.8 Å². The highest BCUT2D eigenvalue weighted by Crippen LogP contribution is 2.23. The van der Waals surface area contributed by atoms with E-state index in [4.69, 9.17) is 0 Å². The van der Waals surface area contributed by atoms with Crippen LogP contribution in [0.25, 0.3) is 10.8 Å². The molecule has 3 aromatic rings. The molecule has 0 saturated carbocycles. The van der Waals surface area contributed by atoms with Crippen molar-refractivity contribution in [2.24, 2.45) is 0 Å². The van der Waals surface area contributed by atoms with Gasteiger partial charge in [-0.2, -0.15) is 0 Å². The van der Waals surface area contributed by atoms with Gasteiger partial charge in [-0.05, 0) is 23.6 Å². The molecule has 0 spiro atoms. The Balaban J connectivity index is 1.79. The summed E-state index contributed by atoms with van der Waals surface area (Å²) >= 11 is 0. The van der Waals surface area contributed by atoms with E-state index in [-0.39, 0.29) is 0 Å². The highest BCUT2D eigenvalue weighted by molar-refractivity contribution is 6.44. The molecule has 0 aliphatic heterocycles. The quantitative estimate of drug-likeness (QED) is 0.706. The Hall–Kier alpha value is -3.28. The average molecular weight is 326 g/mol. The van der Waals surface area contributed by atoms with Crippen molar-refractivity contribution >= 4 is 34.0 Å². The van der Waals surface area contributed by atoms with E-state index in [0.717, 1.165) is 29.0 Å². The molecule has 0 saturated heterocycles. The van der Waals surface area contributed by atoms with Gasteiger partial charge in [0.1, 0.15) is 11.6 Å². The fourth-order valence-electron chi connectivity index (χ4n) is 2.29. The standard InChI is InChI=1S/C18H12F2N2O2/c19-12-8-9-14(20)16(10-12)22-18(24)17(23)21-15-7-3-5-11-4-1-2-6-13(11)15/h1-10H,(H,21,23)(H,22,24). The summed E-state index contributed by atoms with van der Waals surface area (Å²) in [7, 11) is 0. The summed E-state index contributed by atoms with van der Waals surface area (Å²) in [5.41, 5.74) is 0.0565. The fraction of sp³-hybridized carbons (Fsp3) is 0. The molecule has 3 aromatic carbocycles. The first kappa shape index (κ1) is 15.6. The molecular formula is C18H12F2N2O2. The van der Waals surface area contributed by atoms with E-state index in [2.05, 4.69) is 10.6 Å². The SMILES string of the molecule is O=C(Nc1cc(F)ccc1F)C(=O)Nc1cccc2ccccc12. The second-order valence-electron chi connectivity index (χ2n) is 5.06. The second-order valence-corrected chi connectivity index (χ2v) is 5.06. The summed E-state index contributed by atoms with van der Waals surface area (Å²) in [6.07, 6.45) is 0. The van der Waals surface area contributed by atoms with Crippen molar-refractivity contribution in [2.45, 2.75) is 0 Å². The summed E-state index contributed by atoms with van der Waals surface area (Å²) in [6, 6.07) is 15.2. The number of amides is 2. The highest BCUT2D eigenvalue weighted by Gasteiger charge is 2.17. The Morgan fingerprint density at radius 1 is 0.750 bits per heavy atom. The molecule has 24 heavy (non-hydrogen) atoms. The van der Waals surface area contributed by atoms with Crippen molar-refractivity contribution in [3.8, 4) is 0 Å². The Morgan fingerprint density at radius 3 is 2.21 bits per heavy atom. The number of hydrogen-bond donors (Lipinski definition) is 2. The lowest BCUT2D eigenvalue weighted by molar-refractivity contribution is -0.133. The van der Waals surface area contributed by atoms with Crippen LogP contribution in [0.15, 0.2) is 60.7 Å². The molecule has 0 heterocycles. The summed E-state index contributed by atoms with van der Waals surface area (Å²) < 4.78 is 26.6. The van der Waals surface area contributed by atoms with Gasteiger partial charge in [0, 0.05) is 17.1 Å². The lowest BCUT2D eigenvalue weighted by Crippen LogP contribution is -2.29. The van der Waals surface area contributed by atoms with Crippen LogP contribution in [0, 0.1) is 11.6 Å². The van der Waals surface area contributed by atoms with Crippen molar-refractivity contribution in [3.05, 3.63) is 72.3 Å². The number of rotatable bonds is 2. The van der Waals surface area contributed by atoms with Gasteiger partial charge in [0.15, 0.2) is 0 Å². The molecule has 2 amide bonds. The number of carbonyl (C=O) groups excluding carboxylic acids is 2. The molecule has 0 fully saturated rings. The number of carbonyl (C=O) groups is 2. The van der Waals surface area contributed by atoms with E-state index in [1.54, 1.807) is 24.3 Å². The van der Waals surface area contributed by atoms with Gasteiger partial charge in [-0.15, -0.1) is 0 Å². The van der Waals surface area contributed by atoms with Gasteiger partial charge in [-0.3, -0.25) is 9.59 Å². The molecule has 2 N–H and O–H groups in total. The third kappa shape index (κ3) is 3.22. The minimum absolute atomic E-state index is 0.395. The molecular weight excluding hydrogens is 314 g/mol. The molecule has 0 atom stereocenters. The first-order valence-corrected chi connectivity index (χ1v) is 7.10. The van der Waals surface area contributed by atoms with Crippen molar-refractivity contribution in [1.82, 2.24) is 0 Å². The second kappa shape index (κ2) is 6.45. The Bertz CT molecular complexity index is 936. The maximum Gasteiger partial charge on any atom is 0.314 e. The van der Waals surface area contributed by atoms with Crippen molar-refractivity contribution in [2.75, 3.05) is 10.6 Å². The van der Waals surface area contributed by atoms with Crippen LogP contribution in [-0.4, -0.2) is 11.8 Å². The van der Waals surface area contributed by atoms with E-state index >= 15 is 0 Å². The van der Waals surface area contributed by atoms with Gasteiger partial charge in [0.05, 0.1) is 5.69 Å². The summed E-state index contributed by atoms with van der Waals surface area (Å²) in [4.78, 5) is 23.9. The molecule has 3 rings (SSSR count). The van der Waals surface area contributed by atoms with Crippen molar-refractivity contribution < 1.29 is 18.4 Å². The van der Waals surface area contributed by atoms with Crippen LogP contribution in [0.3, 0.4) is 0 Å². The third-order valence-corrected chi connectivity index (χ3v) is 3.42. The van der Waals surface area contributed by atoms with Crippen LogP contribution in [0.1, 0.15) is 0 Å². The summed E-state index contributed by atoms with van der Waals surface area (Å²) in [6.45, 7) is 0. The molecule has 0 aliphatic carbocycles. The van der Waals surface area contributed by atoms with Gasteiger partial charge in [0.25, 0.3) is 0 Å². The summed E-state index contributed by atoms with van der Waals surface area (Å²) in [5.74, 6) is -3.62. The number of benzene rings is 3. The Labute approximate surface area is 136 Å². The van der Waals surface area contributed by atoms with E-state index in [1.807, 2.05) is 18.2 Å². The molecule has 6 heteroatoms. The smallest absolute Gasteiger partial charge is 0.314 e. The average Bonchev–Trinajstić information content (AvgIpc) is 2.58. The first-order chi connectivity index (χ1) is 11.5. The van der Waals surface area contributed by atoms with Crippen LogP contribution in [0.2, 0.25) is 0 Å². The number of hydrogen-bond acceptors (Lipinski definition) is 2. The first-order valence-electron chi connectivity index (χ1n) is 7.10. The third-order valence-electron chi connectivity index (χ3n) is 3.42. The molecule has 0 unspecified atom stereocenters. The van der Waals surface area contributed by atoms with Crippen LogP contribution >= 0.6 is 0 Å². The largest absolute Gasteiger partial charge is 0.317 e. The zero-order valence-electron chi connectivity index (χ0n) is 12.3. The van der Waals surface area contributed by atoms with E-state index in [1.165, 1.54) is 0 Å². The molecule has 120 valence electrons. The Morgan fingerprint density at radius 2 is 1.42 bits per heavy atom. The van der Waals surface area contributed by atoms with Gasteiger partial charge < -0.3 is 10.6 Å². The fourth-order valence-corrected chi connectivity index (χ4v) is 2.29. The van der Waals surface area contributed by atoms with E-state index in [9.17, 15) is 18.4 Å².